The van der Waals surface area contributed by atoms with Gasteiger partial charge in [-0.2, -0.15) is 0 Å². The SMILES string of the molecule is CC(F)c1cc2c(c(-c3cc(C(=O)O)on3)c1)OCO2. The lowest BCUT2D eigenvalue weighted by Crippen LogP contribution is -1.93. The van der Waals surface area contributed by atoms with E-state index in [2.05, 4.69) is 5.16 Å². The number of carboxylic acids is 1. The third-order valence-corrected chi connectivity index (χ3v) is 2.95. The molecule has 20 heavy (non-hydrogen) atoms. The molecule has 104 valence electrons. The molecule has 1 N–H and O–H groups in total. The van der Waals surface area contributed by atoms with E-state index in [1.807, 2.05) is 0 Å². The molecule has 1 aliphatic rings. The summed E-state index contributed by atoms with van der Waals surface area (Å²) in [6.07, 6.45) is -1.20. The summed E-state index contributed by atoms with van der Waals surface area (Å²) in [4.78, 5) is 10.8. The van der Waals surface area contributed by atoms with Crippen LogP contribution >= 0.6 is 0 Å². The zero-order valence-electron chi connectivity index (χ0n) is 10.4. The minimum atomic E-state index is -1.23. The summed E-state index contributed by atoms with van der Waals surface area (Å²) in [5.41, 5.74) is 1.09. The highest BCUT2D eigenvalue weighted by Crippen LogP contribution is 2.43. The van der Waals surface area contributed by atoms with Crippen LogP contribution in [0.4, 0.5) is 4.39 Å². The number of aromatic carboxylic acids is 1. The van der Waals surface area contributed by atoms with E-state index >= 15 is 0 Å². The molecule has 1 aromatic heterocycles. The van der Waals surface area contributed by atoms with E-state index in [0.29, 0.717) is 22.6 Å². The molecule has 6 nitrogen and oxygen atoms in total. The van der Waals surface area contributed by atoms with E-state index in [1.54, 1.807) is 12.1 Å². The molecular weight excluding hydrogens is 269 g/mol. The highest BCUT2D eigenvalue weighted by molar-refractivity contribution is 5.86. The van der Waals surface area contributed by atoms with Gasteiger partial charge in [0.05, 0.1) is 5.56 Å². The highest BCUT2D eigenvalue weighted by atomic mass is 19.1. The van der Waals surface area contributed by atoms with Crippen LogP contribution in [0, 0.1) is 0 Å². The van der Waals surface area contributed by atoms with Crippen LogP contribution in [0.15, 0.2) is 22.7 Å². The number of carboxylic acid groups (broad SMARTS) is 1. The molecule has 0 fully saturated rings. The first-order valence-corrected chi connectivity index (χ1v) is 5.84. The van der Waals surface area contributed by atoms with Gasteiger partial charge in [-0.3, -0.25) is 0 Å². The number of aromatic nitrogens is 1. The summed E-state index contributed by atoms with van der Waals surface area (Å²) in [5.74, 6) is -0.722. The number of rotatable bonds is 3. The Balaban J connectivity index is 2.14. The van der Waals surface area contributed by atoms with Gasteiger partial charge in [0, 0.05) is 6.07 Å². The Morgan fingerprint density at radius 1 is 1.40 bits per heavy atom. The summed E-state index contributed by atoms with van der Waals surface area (Å²) in [6, 6.07) is 4.35. The van der Waals surface area contributed by atoms with E-state index in [0.717, 1.165) is 0 Å². The number of fused-ring (bicyclic) bond motifs is 1. The Morgan fingerprint density at radius 2 is 2.20 bits per heavy atom. The van der Waals surface area contributed by atoms with Crippen molar-refractivity contribution in [1.29, 1.82) is 0 Å². The zero-order chi connectivity index (χ0) is 14.3. The first kappa shape index (κ1) is 12.5. The molecule has 0 aliphatic carbocycles. The second-order valence-electron chi connectivity index (χ2n) is 4.30. The van der Waals surface area contributed by atoms with Crippen molar-refractivity contribution in [3.05, 3.63) is 29.5 Å². The number of hydrogen-bond donors (Lipinski definition) is 1. The van der Waals surface area contributed by atoms with E-state index in [-0.39, 0.29) is 18.2 Å². The average molecular weight is 279 g/mol. The summed E-state index contributed by atoms with van der Waals surface area (Å²) < 4.78 is 28.8. The maximum atomic E-state index is 13.5. The van der Waals surface area contributed by atoms with Crippen LogP contribution in [0.25, 0.3) is 11.3 Å². The molecule has 1 atom stereocenters. The molecular formula is C13H10FNO5. The summed E-state index contributed by atoms with van der Waals surface area (Å²) in [5, 5.41) is 12.5. The lowest BCUT2D eigenvalue weighted by atomic mass is 10.0. The summed E-state index contributed by atoms with van der Waals surface area (Å²) in [7, 11) is 0. The van der Waals surface area contributed by atoms with Crippen molar-refractivity contribution in [2.45, 2.75) is 13.1 Å². The van der Waals surface area contributed by atoms with E-state index in [1.165, 1.54) is 13.0 Å². The lowest BCUT2D eigenvalue weighted by molar-refractivity contribution is 0.0652. The maximum Gasteiger partial charge on any atom is 0.374 e. The van der Waals surface area contributed by atoms with Crippen molar-refractivity contribution in [1.82, 2.24) is 5.16 Å². The molecule has 1 aliphatic heterocycles. The van der Waals surface area contributed by atoms with Crippen molar-refractivity contribution in [3.63, 3.8) is 0 Å². The molecule has 0 saturated heterocycles. The van der Waals surface area contributed by atoms with Gasteiger partial charge in [0.15, 0.2) is 11.5 Å². The van der Waals surface area contributed by atoms with Gasteiger partial charge in [-0.25, -0.2) is 9.18 Å². The van der Waals surface area contributed by atoms with Crippen molar-refractivity contribution in [2.75, 3.05) is 6.79 Å². The number of carbonyl (C=O) groups is 1. The molecule has 0 spiro atoms. The van der Waals surface area contributed by atoms with Crippen LogP contribution in [-0.4, -0.2) is 23.0 Å². The second-order valence-corrected chi connectivity index (χ2v) is 4.30. The van der Waals surface area contributed by atoms with Gasteiger partial charge < -0.3 is 19.1 Å². The highest BCUT2D eigenvalue weighted by Gasteiger charge is 2.24. The molecule has 0 saturated carbocycles. The maximum absolute atomic E-state index is 13.5. The molecule has 1 aromatic carbocycles. The monoisotopic (exact) mass is 279 g/mol. The fourth-order valence-corrected chi connectivity index (χ4v) is 1.95. The third kappa shape index (κ3) is 1.97. The standard InChI is InChI=1S/C13H10FNO5/c1-6(14)7-2-8(12-10(3-7)18-5-19-12)9-4-11(13(16)17)20-15-9/h2-4,6H,5H2,1H3,(H,16,17). The van der Waals surface area contributed by atoms with Crippen molar-refractivity contribution in [2.24, 2.45) is 0 Å². The van der Waals surface area contributed by atoms with Gasteiger partial charge in [0.25, 0.3) is 0 Å². The van der Waals surface area contributed by atoms with E-state index in [9.17, 15) is 9.18 Å². The average Bonchev–Trinajstić information content (AvgIpc) is 3.06. The Kier molecular flexibility index (Phi) is 2.81. The lowest BCUT2D eigenvalue weighted by Gasteiger charge is -2.07. The van der Waals surface area contributed by atoms with Gasteiger partial charge in [0.2, 0.25) is 12.6 Å². The number of benzene rings is 1. The number of ether oxygens (including phenoxy) is 2. The minimum Gasteiger partial charge on any atom is -0.475 e. The van der Waals surface area contributed by atoms with Crippen molar-refractivity contribution < 1.29 is 28.3 Å². The number of halogens is 1. The molecule has 0 radical (unpaired) electrons. The minimum absolute atomic E-state index is 0.0239. The Hall–Kier alpha value is -2.57. The first-order valence-electron chi connectivity index (χ1n) is 5.84. The van der Waals surface area contributed by atoms with Crippen LogP contribution in [-0.2, 0) is 0 Å². The second kappa shape index (κ2) is 4.52. The van der Waals surface area contributed by atoms with Crippen molar-refractivity contribution in [3.8, 4) is 22.8 Å². The van der Waals surface area contributed by atoms with Crippen LogP contribution < -0.4 is 9.47 Å². The molecule has 2 heterocycles. The molecule has 1 unspecified atom stereocenters. The van der Waals surface area contributed by atoms with Gasteiger partial charge in [0.1, 0.15) is 11.9 Å². The van der Waals surface area contributed by atoms with Crippen LogP contribution in [0.3, 0.4) is 0 Å². The van der Waals surface area contributed by atoms with Crippen LogP contribution in [0.5, 0.6) is 11.5 Å². The Bertz CT molecular complexity index is 679. The van der Waals surface area contributed by atoms with Crippen LogP contribution in [0.2, 0.25) is 0 Å². The number of alkyl halides is 1. The number of hydrogen-bond acceptors (Lipinski definition) is 5. The van der Waals surface area contributed by atoms with Gasteiger partial charge in [-0.15, -0.1) is 0 Å². The molecule has 0 bridgehead atoms. The summed E-state index contributed by atoms with van der Waals surface area (Å²) >= 11 is 0. The van der Waals surface area contributed by atoms with Crippen LogP contribution in [0.1, 0.15) is 29.2 Å². The van der Waals surface area contributed by atoms with Gasteiger partial charge in [-0.1, -0.05) is 5.16 Å². The smallest absolute Gasteiger partial charge is 0.374 e. The normalized spacial score (nSPS) is 14.3. The molecule has 7 heteroatoms. The van der Waals surface area contributed by atoms with E-state index in [4.69, 9.17) is 19.1 Å². The molecule has 2 aromatic rings. The predicted octanol–water partition coefficient (Wildman–Crippen LogP) is 2.80. The number of nitrogens with zero attached hydrogens (tertiary/aromatic N) is 1. The third-order valence-electron chi connectivity index (χ3n) is 2.95. The largest absolute Gasteiger partial charge is 0.475 e. The Labute approximate surface area is 112 Å². The Morgan fingerprint density at radius 3 is 2.85 bits per heavy atom. The molecule has 0 amide bonds. The van der Waals surface area contributed by atoms with Crippen molar-refractivity contribution >= 4 is 5.97 Å². The quantitative estimate of drug-likeness (QED) is 0.930. The van der Waals surface area contributed by atoms with E-state index < -0.39 is 12.1 Å². The molecule has 3 rings (SSSR count). The fourth-order valence-electron chi connectivity index (χ4n) is 1.95. The topological polar surface area (TPSA) is 81.8 Å². The predicted molar refractivity (Wildman–Crippen MR) is 64.5 cm³/mol. The first-order chi connectivity index (χ1) is 9.56. The zero-order valence-corrected chi connectivity index (χ0v) is 10.4. The van der Waals surface area contributed by atoms with Gasteiger partial charge in [-0.05, 0) is 24.6 Å². The fraction of sp³-hybridized carbons (Fsp3) is 0.231. The summed E-state index contributed by atoms with van der Waals surface area (Å²) in [6.45, 7) is 1.42. The van der Waals surface area contributed by atoms with Gasteiger partial charge >= 0.3 is 5.97 Å².